The van der Waals surface area contributed by atoms with Crippen LogP contribution in [0.5, 0.6) is 0 Å². The molecule has 1 aromatic carbocycles. The number of carbonyl (C=O) groups is 2. The van der Waals surface area contributed by atoms with Crippen LogP contribution in [-0.2, 0) is 16.1 Å². The van der Waals surface area contributed by atoms with Crippen LogP contribution in [0.3, 0.4) is 0 Å². The fraction of sp³-hybridized carbons (Fsp3) is 0.462. The first-order valence-corrected chi connectivity index (χ1v) is 12.3. The summed E-state index contributed by atoms with van der Waals surface area (Å²) < 4.78 is 8.37. The highest BCUT2D eigenvalue weighted by Crippen LogP contribution is 2.28. The number of nitrogens with zero attached hydrogens (tertiary/aromatic N) is 5. The van der Waals surface area contributed by atoms with Crippen LogP contribution in [-0.4, -0.2) is 75.9 Å². The Kier molecular flexibility index (Phi) is 6.68. The summed E-state index contributed by atoms with van der Waals surface area (Å²) in [5, 5.41) is 4.56. The monoisotopic (exact) mass is 477 g/mol. The molecule has 0 aromatic heterocycles. The second-order valence-corrected chi connectivity index (χ2v) is 9.32. The molecule has 1 aromatic rings. The molecular weight excluding hydrogens is 446 g/mol. The largest absolute Gasteiger partial charge is 0.383 e. The Bertz CT molecular complexity index is 1220. The molecule has 0 bridgehead atoms. The smallest absolute Gasteiger partial charge is 0.282 e. The van der Waals surface area contributed by atoms with Crippen LogP contribution < -0.4 is 5.56 Å². The second-order valence-electron chi connectivity index (χ2n) is 9.32. The lowest BCUT2D eigenvalue weighted by molar-refractivity contribution is -0.136. The number of fused-ring (bicyclic) bond motifs is 1. The maximum Gasteiger partial charge on any atom is 0.282 e. The molecule has 3 heterocycles. The van der Waals surface area contributed by atoms with Crippen molar-refractivity contribution in [1.29, 1.82) is 0 Å². The van der Waals surface area contributed by atoms with Gasteiger partial charge in [0.25, 0.3) is 11.5 Å². The zero-order valence-electron chi connectivity index (χ0n) is 20.1. The van der Waals surface area contributed by atoms with Gasteiger partial charge in [-0.15, -0.1) is 0 Å². The van der Waals surface area contributed by atoms with E-state index in [2.05, 4.69) is 5.10 Å². The molecule has 9 nitrogen and oxygen atoms in total. The number of pyridine rings is 1. The van der Waals surface area contributed by atoms with Crippen LogP contribution >= 0.6 is 0 Å². The first-order valence-electron chi connectivity index (χ1n) is 12.3. The lowest BCUT2D eigenvalue weighted by atomic mass is 10.1. The van der Waals surface area contributed by atoms with Crippen molar-refractivity contribution in [3.63, 3.8) is 0 Å². The van der Waals surface area contributed by atoms with E-state index in [1.807, 2.05) is 39.8 Å². The summed E-state index contributed by atoms with van der Waals surface area (Å²) in [5.74, 6) is 0.197. The van der Waals surface area contributed by atoms with Crippen molar-refractivity contribution in [3.05, 3.63) is 58.6 Å². The van der Waals surface area contributed by atoms with Gasteiger partial charge in [-0.05, 0) is 25.0 Å². The van der Waals surface area contributed by atoms with E-state index >= 15 is 0 Å². The molecule has 35 heavy (non-hydrogen) atoms. The summed E-state index contributed by atoms with van der Waals surface area (Å²) in [4.78, 5) is 43.4. The molecule has 4 aliphatic rings. The molecule has 5 rings (SSSR count). The number of hydrogen-bond acceptors (Lipinski definition) is 5. The lowest BCUT2D eigenvalue weighted by Crippen LogP contribution is -2.51. The topological polar surface area (TPSA) is 89.7 Å². The molecule has 0 unspecified atom stereocenters. The standard InChI is InChI=1S/C26H31N5O4/c1-35-16-15-28-17-21(23-22(18-28)26(34)31(27-23)20-9-3-2-4-10-20)25(33)30-13-11-29(12-14-30)24(32)19-7-5-6-8-19/h2-4,9-10,17-19H,5-8,11-16H2,1H3. The van der Waals surface area contributed by atoms with Gasteiger partial charge in [-0.2, -0.15) is 9.78 Å². The van der Waals surface area contributed by atoms with Crippen molar-refractivity contribution in [3.8, 4) is 16.9 Å². The van der Waals surface area contributed by atoms with Gasteiger partial charge >= 0.3 is 0 Å². The summed E-state index contributed by atoms with van der Waals surface area (Å²) in [7, 11) is 1.62. The molecule has 0 radical (unpaired) electrons. The summed E-state index contributed by atoms with van der Waals surface area (Å²) in [6, 6.07) is 9.20. The molecule has 0 N–H and O–H groups in total. The fourth-order valence-corrected chi connectivity index (χ4v) is 5.12. The fourth-order valence-electron chi connectivity index (χ4n) is 5.12. The Morgan fingerprint density at radius 2 is 1.69 bits per heavy atom. The Morgan fingerprint density at radius 1 is 1.00 bits per heavy atom. The number of piperazine rings is 1. The minimum Gasteiger partial charge on any atom is -0.383 e. The molecule has 1 saturated heterocycles. The lowest BCUT2D eigenvalue weighted by Gasteiger charge is -2.36. The number of ether oxygens (including phenoxy) is 1. The van der Waals surface area contributed by atoms with Crippen LogP contribution in [0.2, 0.25) is 0 Å². The molecular formula is C26H31N5O4. The number of para-hydroxylation sites is 1. The third-order valence-corrected chi connectivity index (χ3v) is 7.09. The number of aromatic nitrogens is 3. The average molecular weight is 478 g/mol. The van der Waals surface area contributed by atoms with Gasteiger partial charge in [-0.3, -0.25) is 14.4 Å². The van der Waals surface area contributed by atoms with E-state index in [1.165, 1.54) is 4.68 Å². The normalized spacial score (nSPS) is 16.8. The number of carbonyl (C=O) groups excluding carboxylic acids is 2. The van der Waals surface area contributed by atoms with E-state index in [0.29, 0.717) is 61.8 Å². The van der Waals surface area contributed by atoms with Gasteiger partial charge in [0.2, 0.25) is 5.91 Å². The highest BCUT2D eigenvalue weighted by molar-refractivity contribution is 6.00. The van der Waals surface area contributed by atoms with Crippen molar-refractivity contribution >= 4 is 11.8 Å². The summed E-state index contributed by atoms with van der Waals surface area (Å²) in [6.45, 7) is 2.96. The number of methoxy groups -OCH3 is 1. The maximum absolute atomic E-state index is 13.7. The van der Waals surface area contributed by atoms with Gasteiger partial charge in [-0.1, -0.05) is 31.0 Å². The summed E-state index contributed by atoms with van der Waals surface area (Å²) in [6.07, 6.45) is 7.68. The van der Waals surface area contributed by atoms with Crippen LogP contribution in [0.1, 0.15) is 36.0 Å². The van der Waals surface area contributed by atoms with Crippen LogP contribution in [0.4, 0.5) is 0 Å². The van der Waals surface area contributed by atoms with E-state index in [0.717, 1.165) is 25.7 Å². The minimum absolute atomic E-state index is 0.142. The van der Waals surface area contributed by atoms with Crippen molar-refractivity contribution in [1.82, 2.24) is 24.1 Å². The van der Waals surface area contributed by atoms with Crippen molar-refractivity contribution in [2.24, 2.45) is 5.92 Å². The second kappa shape index (κ2) is 10.0. The van der Waals surface area contributed by atoms with Gasteiger partial charge < -0.3 is 19.1 Å². The van der Waals surface area contributed by atoms with E-state index in [9.17, 15) is 14.4 Å². The molecule has 3 aliphatic heterocycles. The van der Waals surface area contributed by atoms with Crippen molar-refractivity contribution in [2.45, 2.75) is 32.2 Å². The van der Waals surface area contributed by atoms with E-state index in [4.69, 9.17) is 4.74 Å². The first-order chi connectivity index (χ1) is 17.1. The van der Waals surface area contributed by atoms with Crippen LogP contribution in [0, 0.1) is 5.92 Å². The molecule has 184 valence electrons. The predicted molar refractivity (Wildman–Crippen MR) is 131 cm³/mol. The Hall–Kier alpha value is -3.46. The predicted octanol–water partition coefficient (Wildman–Crippen LogP) is 2.26. The van der Waals surface area contributed by atoms with Crippen molar-refractivity contribution < 1.29 is 14.3 Å². The SMILES string of the molecule is COCCn1cc(C(=O)N2CCN(C(=O)C3CCCC3)CC2)c2nn(-c3ccccc3)c(=O)c-2c1. The third-order valence-electron chi connectivity index (χ3n) is 7.09. The highest BCUT2D eigenvalue weighted by Gasteiger charge is 2.32. The van der Waals surface area contributed by atoms with E-state index in [1.54, 1.807) is 24.4 Å². The minimum atomic E-state index is -0.265. The van der Waals surface area contributed by atoms with Gasteiger partial charge in [0.1, 0.15) is 5.69 Å². The Balaban J connectivity index is 1.42. The van der Waals surface area contributed by atoms with E-state index in [-0.39, 0.29) is 23.3 Å². The first kappa shape index (κ1) is 23.3. The molecule has 0 atom stereocenters. The number of benzene rings is 1. The molecule has 1 aliphatic carbocycles. The zero-order chi connectivity index (χ0) is 24.4. The highest BCUT2D eigenvalue weighted by atomic mass is 16.5. The number of rotatable bonds is 6. The number of hydrogen-bond donors (Lipinski definition) is 0. The quantitative estimate of drug-likeness (QED) is 0.543. The van der Waals surface area contributed by atoms with Gasteiger partial charge in [0.05, 0.1) is 23.4 Å². The zero-order valence-corrected chi connectivity index (χ0v) is 20.1. The molecule has 2 amide bonds. The van der Waals surface area contributed by atoms with Crippen LogP contribution in [0.15, 0.2) is 47.5 Å². The molecule has 2 fully saturated rings. The Labute approximate surface area is 204 Å². The van der Waals surface area contributed by atoms with Crippen LogP contribution in [0.25, 0.3) is 16.9 Å². The molecule has 9 heteroatoms. The molecule has 1 saturated carbocycles. The average Bonchev–Trinajstić information content (AvgIpc) is 3.56. The van der Waals surface area contributed by atoms with Crippen molar-refractivity contribution in [2.75, 3.05) is 39.9 Å². The van der Waals surface area contributed by atoms with Gasteiger partial charge in [-0.25, -0.2) is 0 Å². The maximum atomic E-state index is 13.7. The molecule has 0 spiro atoms. The van der Waals surface area contributed by atoms with E-state index < -0.39 is 0 Å². The third kappa shape index (κ3) is 4.60. The van der Waals surface area contributed by atoms with Gasteiger partial charge in [0.15, 0.2) is 0 Å². The summed E-state index contributed by atoms with van der Waals surface area (Å²) in [5.41, 5.74) is 1.56. The van der Waals surface area contributed by atoms with Gasteiger partial charge in [0, 0.05) is 58.1 Å². The summed E-state index contributed by atoms with van der Waals surface area (Å²) >= 11 is 0. The Morgan fingerprint density at radius 3 is 2.37 bits per heavy atom. The number of amides is 2.